The van der Waals surface area contributed by atoms with E-state index in [1.807, 2.05) is 0 Å². The number of benzene rings is 1. The van der Waals surface area contributed by atoms with Crippen LogP contribution in [0.15, 0.2) is 34.0 Å². The maximum Gasteiger partial charge on any atom is 0.423 e. The number of hydrogen-bond donors (Lipinski definition) is 1. The molecule has 3 rings (SSSR count). The molecule has 0 saturated carbocycles. The van der Waals surface area contributed by atoms with Gasteiger partial charge in [-0.3, -0.25) is 14.3 Å². The highest BCUT2D eigenvalue weighted by Crippen LogP contribution is 2.32. The van der Waals surface area contributed by atoms with Crippen molar-refractivity contribution in [3.63, 3.8) is 0 Å². The first kappa shape index (κ1) is 26.3. The molecule has 35 heavy (non-hydrogen) atoms. The number of H-pyrrole nitrogens is 1. The molecule has 0 amide bonds. The number of thiocarbonyl (C=S) groups is 1. The molecule has 0 radical (unpaired) electrons. The van der Waals surface area contributed by atoms with Crippen molar-refractivity contribution in [2.75, 3.05) is 27.4 Å². The molecule has 2 aromatic rings. The van der Waals surface area contributed by atoms with Crippen LogP contribution in [0.4, 0.5) is 13.2 Å². The van der Waals surface area contributed by atoms with Gasteiger partial charge in [-0.1, -0.05) is 5.92 Å². The summed E-state index contributed by atoms with van der Waals surface area (Å²) in [4.78, 5) is 25.5. The monoisotopic (exact) mass is 514 g/mol. The fraction of sp³-hybridized carbons (Fsp3) is 0.409. The van der Waals surface area contributed by atoms with Gasteiger partial charge in [0.1, 0.15) is 31.1 Å². The molecule has 1 aliphatic rings. The van der Waals surface area contributed by atoms with E-state index in [9.17, 15) is 22.8 Å². The third-order valence-corrected chi connectivity index (χ3v) is 5.50. The zero-order valence-corrected chi connectivity index (χ0v) is 19.4. The topological polar surface area (TPSA) is 101 Å². The van der Waals surface area contributed by atoms with Crippen LogP contribution in [-0.4, -0.2) is 54.2 Å². The molecule has 1 fully saturated rings. The fourth-order valence-corrected chi connectivity index (χ4v) is 3.65. The molecule has 0 unspecified atom stereocenters. The summed E-state index contributed by atoms with van der Waals surface area (Å²) in [6.45, 7) is -0.255. The van der Waals surface area contributed by atoms with Crippen LogP contribution in [0.25, 0.3) is 0 Å². The number of alkyl halides is 3. The van der Waals surface area contributed by atoms with E-state index in [4.69, 9.17) is 42.3 Å². The molecular weight excluding hydrogens is 493 g/mol. The lowest BCUT2D eigenvalue weighted by Crippen LogP contribution is -2.36. The van der Waals surface area contributed by atoms with E-state index in [-0.39, 0.29) is 24.7 Å². The Morgan fingerprint density at radius 1 is 1.29 bits per heavy atom. The normalized spacial score (nSPS) is 19.7. The smallest absolute Gasteiger partial charge is 0.423 e. The molecule has 0 aliphatic carbocycles. The van der Waals surface area contributed by atoms with Gasteiger partial charge >= 0.3 is 11.9 Å². The highest BCUT2D eigenvalue weighted by Gasteiger charge is 2.40. The van der Waals surface area contributed by atoms with E-state index < -0.39 is 41.4 Å². The molecule has 0 bridgehead atoms. The maximum absolute atomic E-state index is 13.2. The number of halogens is 3. The Morgan fingerprint density at radius 3 is 2.63 bits per heavy atom. The van der Waals surface area contributed by atoms with E-state index in [1.165, 1.54) is 14.2 Å². The van der Waals surface area contributed by atoms with E-state index >= 15 is 0 Å². The Labute approximate surface area is 202 Å². The first-order valence-electron chi connectivity index (χ1n) is 10.1. The fourth-order valence-electron chi connectivity index (χ4n) is 3.46. The number of ether oxygens (including phenoxy) is 5. The summed E-state index contributed by atoms with van der Waals surface area (Å²) in [6, 6.07) is 4.92. The summed E-state index contributed by atoms with van der Waals surface area (Å²) >= 11 is 5.32. The van der Waals surface area contributed by atoms with Gasteiger partial charge in [0.25, 0.3) is 5.56 Å². The zero-order valence-electron chi connectivity index (χ0n) is 18.6. The molecule has 1 N–H and O–H groups in total. The summed E-state index contributed by atoms with van der Waals surface area (Å²) in [6.07, 6.45) is -2.06. The standard InChI is InChI=1S/C22H21F3N2O7S/c1-4-7-32-16-9-18(27-10-13(22(23,24)25)19(28)26-21(27)29)34-17(16)11-33-20(35)12-5-6-14(30-2)15(8-12)31-3/h1,5-6,8,10,16-18H,7,9,11H2,2-3H3,(H,26,28,29)/t16-,17+,18+/m0/s1. The van der Waals surface area contributed by atoms with Crippen LogP contribution in [-0.2, 0) is 20.4 Å². The lowest BCUT2D eigenvalue weighted by Gasteiger charge is -2.19. The average molecular weight is 514 g/mol. The number of nitrogens with one attached hydrogen (secondary N) is 1. The van der Waals surface area contributed by atoms with Crippen LogP contribution in [0.3, 0.4) is 0 Å². The van der Waals surface area contributed by atoms with Gasteiger partial charge in [-0.15, -0.1) is 6.42 Å². The van der Waals surface area contributed by atoms with Crippen molar-refractivity contribution in [1.82, 2.24) is 9.55 Å². The van der Waals surface area contributed by atoms with Gasteiger partial charge < -0.3 is 23.7 Å². The molecule has 13 heteroatoms. The second kappa shape index (κ2) is 10.9. The number of rotatable bonds is 8. The van der Waals surface area contributed by atoms with Crippen molar-refractivity contribution in [3.05, 3.63) is 56.4 Å². The summed E-state index contributed by atoms with van der Waals surface area (Å²) in [5, 5.41) is 0.0919. The molecule has 9 nitrogen and oxygen atoms in total. The predicted molar refractivity (Wildman–Crippen MR) is 121 cm³/mol. The van der Waals surface area contributed by atoms with Crippen LogP contribution in [0.1, 0.15) is 23.8 Å². The van der Waals surface area contributed by atoms with Crippen LogP contribution < -0.4 is 20.7 Å². The Bertz CT molecular complexity index is 1240. The van der Waals surface area contributed by atoms with Crippen molar-refractivity contribution < 1.29 is 36.9 Å². The number of aromatic nitrogens is 2. The first-order chi connectivity index (χ1) is 16.6. The third-order valence-electron chi connectivity index (χ3n) is 5.14. The minimum atomic E-state index is -4.96. The predicted octanol–water partition coefficient (Wildman–Crippen LogP) is 2.27. The van der Waals surface area contributed by atoms with Gasteiger partial charge in [-0.05, 0) is 30.4 Å². The van der Waals surface area contributed by atoms with Crippen LogP contribution >= 0.6 is 12.2 Å². The summed E-state index contributed by atoms with van der Waals surface area (Å²) in [7, 11) is 2.95. The second-order valence-corrected chi connectivity index (χ2v) is 7.66. The average Bonchev–Trinajstić information content (AvgIpc) is 3.22. The summed E-state index contributed by atoms with van der Waals surface area (Å²) in [5.74, 6) is 3.22. The zero-order chi connectivity index (χ0) is 25.8. The van der Waals surface area contributed by atoms with Gasteiger partial charge in [-0.2, -0.15) is 13.2 Å². The highest BCUT2D eigenvalue weighted by molar-refractivity contribution is 7.80. The second-order valence-electron chi connectivity index (χ2n) is 7.29. The van der Waals surface area contributed by atoms with E-state index in [1.54, 1.807) is 23.2 Å². The van der Waals surface area contributed by atoms with Crippen LogP contribution in [0.5, 0.6) is 11.5 Å². The summed E-state index contributed by atoms with van der Waals surface area (Å²) < 4.78 is 67.6. The molecular formula is C22H21F3N2O7S. The van der Waals surface area contributed by atoms with Crippen molar-refractivity contribution >= 4 is 17.3 Å². The third kappa shape index (κ3) is 6.02. The lowest BCUT2D eigenvalue weighted by atomic mass is 10.1. The molecule has 1 aromatic heterocycles. The highest BCUT2D eigenvalue weighted by atomic mass is 32.1. The van der Waals surface area contributed by atoms with Crippen LogP contribution in [0, 0.1) is 12.3 Å². The van der Waals surface area contributed by atoms with Gasteiger partial charge in [0, 0.05) is 18.2 Å². The van der Waals surface area contributed by atoms with Gasteiger partial charge in [-0.25, -0.2) is 4.79 Å². The molecule has 3 atom stereocenters. The van der Waals surface area contributed by atoms with Gasteiger partial charge in [0.2, 0.25) is 0 Å². The Kier molecular flexibility index (Phi) is 8.21. The Hall–Kier alpha value is -3.34. The van der Waals surface area contributed by atoms with Gasteiger partial charge in [0.05, 0.1) is 20.3 Å². The van der Waals surface area contributed by atoms with Crippen molar-refractivity contribution in [2.24, 2.45) is 0 Å². The quantitative estimate of drug-likeness (QED) is 0.423. The molecule has 1 saturated heterocycles. The van der Waals surface area contributed by atoms with E-state index in [0.717, 1.165) is 0 Å². The minimum absolute atomic E-state index is 0.0257. The maximum atomic E-state index is 13.2. The number of aromatic amines is 1. The summed E-state index contributed by atoms with van der Waals surface area (Å²) in [5.41, 5.74) is -3.63. The molecule has 0 spiro atoms. The first-order valence-corrected chi connectivity index (χ1v) is 10.5. The Balaban J connectivity index is 1.79. The number of methoxy groups -OCH3 is 2. The lowest BCUT2D eigenvalue weighted by molar-refractivity contribution is -0.139. The van der Waals surface area contributed by atoms with E-state index in [0.29, 0.717) is 27.8 Å². The van der Waals surface area contributed by atoms with Gasteiger partial charge in [0.15, 0.2) is 16.5 Å². The van der Waals surface area contributed by atoms with Crippen molar-refractivity contribution in [3.8, 4) is 23.8 Å². The van der Waals surface area contributed by atoms with E-state index in [2.05, 4.69) is 5.92 Å². The minimum Gasteiger partial charge on any atom is -0.493 e. The Morgan fingerprint density at radius 2 is 2.00 bits per heavy atom. The molecule has 2 heterocycles. The number of terminal acetylenes is 1. The molecule has 1 aliphatic heterocycles. The molecule has 1 aromatic carbocycles. The SMILES string of the molecule is C#CCO[C@H]1C[C@H](n2cc(C(F)(F)F)c(=O)[nH]c2=O)O[C@@H]1COC(=S)c1ccc(OC)c(OC)c1. The molecule has 188 valence electrons. The number of hydrogen-bond acceptors (Lipinski definition) is 8. The number of nitrogens with zero attached hydrogens (tertiary/aromatic N) is 1. The largest absolute Gasteiger partial charge is 0.493 e. The van der Waals surface area contributed by atoms with Crippen LogP contribution in [0.2, 0.25) is 0 Å². The van der Waals surface area contributed by atoms with Crippen molar-refractivity contribution in [2.45, 2.75) is 31.0 Å². The van der Waals surface area contributed by atoms with Crippen molar-refractivity contribution in [1.29, 1.82) is 0 Å².